The van der Waals surface area contributed by atoms with E-state index in [-0.39, 0.29) is 12.5 Å². The van der Waals surface area contributed by atoms with Gasteiger partial charge in [0.05, 0.1) is 18.5 Å². The molecule has 0 saturated heterocycles. The predicted molar refractivity (Wildman–Crippen MR) is 112 cm³/mol. The molecular weight excluding hydrogens is 406 g/mol. The van der Waals surface area contributed by atoms with E-state index in [1.807, 2.05) is 6.26 Å². The summed E-state index contributed by atoms with van der Waals surface area (Å²) >= 11 is 1.36. The highest BCUT2D eigenvalue weighted by Crippen LogP contribution is 2.26. The van der Waals surface area contributed by atoms with Crippen LogP contribution < -0.4 is 10.1 Å². The lowest BCUT2D eigenvalue weighted by atomic mass is 10.2. The van der Waals surface area contributed by atoms with Crippen molar-refractivity contribution in [3.8, 4) is 17.4 Å². The molecule has 156 valence electrons. The third-order valence-corrected chi connectivity index (χ3v) is 4.52. The number of carbonyl (C=O) groups is 2. The minimum absolute atomic E-state index is 0.148. The number of ether oxygens (including phenoxy) is 2. The molecule has 0 radical (unpaired) electrons. The van der Waals surface area contributed by atoms with Crippen LogP contribution in [0.4, 0.5) is 5.69 Å². The fourth-order valence-electron chi connectivity index (χ4n) is 2.62. The van der Waals surface area contributed by atoms with Gasteiger partial charge in [0.1, 0.15) is 11.3 Å². The van der Waals surface area contributed by atoms with Crippen molar-refractivity contribution in [1.29, 1.82) is 0 Å². The maximum absolute atomic E-state index is 12.1. The summed E-state index contributed by atoms with van der Waals surface area (Å²) in [7, 11) is 0. The van der Waals surface area contributed by atoms with Crippen molar-refractivity contribution in [3.63, 3.8) is 0 Å². The Morgan fingerprint density at radius 3 is 2.57 bits per heavy atom. The molecular formula is C20H21N5O4S. The highest BCUT2D eigenvalue weighted by molar-refractivity contribution is 7.98. The fourth-order valence-corrected chi connectivity index (χ4v) is 2.99. The Morgan fingerprint density at radius 1 is 1.20 bits per heavy atom. The van der Waals surface area contributed by atoms with Crippen LogP contribution in [-0.2, 0) is 9.53 Å². The van der Waals surface area contributed by atoms with Gasteiger partial charge in [-0.1, -0.05) is 11.8 Å². The normalized spacial score (nSPS) is 10.5. The van der Waals surface area contributed by atoms with Crippen LogP contribution in [0.5, 0.6) is 11.6 Å². The number of rotatable bonds is 7. The van der Waals surface area contributed by atoms with Gasteiger partial charge in [-0.2, -0.15) is 10.1 Å². The molecule has 30 heavy (non-hydrogen) atoms. The Kier molecular flexibility index (Phi) is 6.68. The summed E-state index contributed by atoms with van der Waals surface area (Å²) in [5.74, 6) is 0.753. The molecule has 3 rings (SSSR count). The number of anilines is 1. The van der Waals surface area contributed by atoms with Crippen molar-refractivity contribution in [2.45, 2.75) is 25.9 Å². The summed E-state index contributed by atoms with van der Waals surface area (Å²) in [4.78, 5) is 32.0. The molecule has 0 bridgehead atoms. The number of thioether (sulfide) groups is 1. The number of carbonyl (C=O) groups excluding carboxylic acids is 2. The van der Waals surface area contributed by atoms with Gasteiger partial charge in [0.2, 0.25) is 11.8 Å². The largest absolute Gasteiger partial charge is 0.462 e. The molecule has 0 saturated carbocycles. The topological polar surface area (TPSA) is 108 Å². The number of hydrogen-bond donors (Lipinski definition) is 1. The van der Waals surface area contributed by atoms with Gasteiger partial charge in [0.25, 0.3) is 0 Å². The molecule has 0 fully saturated rings. The first-order valence-electron chi connectivity index (χ1n) is 9.12. The second-order valence-corrected chi connectivity index (χ2v) is 6.91. The Hall–Kier alpha value is -3.40. The molecule has 2 heterocycles. The van der Waals surface area contributed by atoms with E-state index < -0.39 is 5.97 Å². The van der Waals surface area contributed by atoms with Gasteiger partial charge in [-0.05, 0) is 44.4 Å². The second kappa shape index (κ2) is 9.40. The molecule has 10 heteroatoms. The third kappa shape index (κ3) is 4.95. The fraction of sp³-hybridized carbons (Fsp3) is 0.250. The van der Waals surface area contributed by atoms with Crippen LogP contribution in [0.2, 0.25) is 0 Å². The molecule has 0 aliphatic rings. The van der Waals surface area contributed by atoms with Crippen LogP contribution in [0.25, 0.3) is 5.82 Å². The van der Waals surface area contributed by atoms with E-state index in [1.54, 1.807) is 48.9 Å². The number of hydrogen-bond acceptors (Lipinski definition) is 8. The van der Waals surface area contributed by atoms with Crippen LogP contribution in [0.3, 0.4) is 0 Å². The molecule has 2 aromatic heterocycles. The highest BCUT2D eigenvalue weighted by Gasteiger charge is 2.18. The lowest BCUT2D eigenvalue weighted by molar-refractivity contribution is -0.114. The van der Waals surface area contributed by atoms with Crippen LogP contribution >= 0.6 is 11.8 Å². The molecule has 1 amide bonds. The summed E-state index contributed by atoms with van der Waals surface area (Å²) in [6.45, 7) is 5.24. The first-order chi connectivity index (χ1) is 14.4. The standard InChI is InChI=1S/C20H21N5O4S/c1-5-28-19(27)16-11-21-25(12(16)2)17-10-18(24-20(23-17)30-4)29-15-8-6-14(7-9-15)22-13(3)26/h6-11H,5H2,1-4H3,(H,22,26). The summed E-state index contributed by atoms with van der Waals surface area (Å²) in [5.41, 5.74) is 1.64. The van der Waals surface area contributed by atoms with Crippen molar-refractivity contribution in [3.05, 3.63) is 47.8 Å². The van der Waals surface area contributed by atoms with E-state index in [1.165, 1.54) is 24.9 Å². The highest BCUT2D eigenvalue weighted by atomic mass is 32.2. The van der Waals surface area contributed by atoms with Crippen molar-refractivity contribution in [2.75, 3.05) is 18.2 Å². The lowest BCUT2D eigenvalue weighted by Crippen LogP contribution is -2.08. The molecule has 9 nitrogen and oxygen atoms in total. The number of amides is 1. The Morgan fingerprint density at radius 2 is 1.93 bits per heavy atom. The molecule has 0 unspecified atom stereocenters. The first-order valence-corrected chi connectivity index (χ1v) is 10.3. The SMILES string of the molecule is CCOC(=O)c1cnn(-c2cc(Oc3ccc(NC(C)=O)cc3)nc(SC)n2)c1C. The molecule has 0 aliphatic heterocycles. The van der Waals surface area contributed by atoms with Crippen molar-refractivity contribution < 1.29 is 19.1 Å². The second-order valence-electron chi connectivity index (χ2n) is 6.13. The van der Waals surface area contributed by atoms with Crippen molar-refractivity contribution in [2.24, 2.45) is 0 Å². The molecule has 0 spiro atoms. The Balaban J connectivity index is 1.89. The number of benzene rings is 1. The summed E-state index contributed by atoms with van der Waals surface area (Å²) in [6, 6.07) is 8.55. The van der Waals surface area contributed by atoms with Crippen LogP contribution in [0.15, 0.2) is 41.7 Å². The smallest absolute Gasteiger partial charge is 0.341 e. The number of nitrogens with zero attached hydrogens (tertiary/aromatic N) is 4. The average molecular weight is 427 g/mol. The van der Waals surface area contributed by atoms with Crippen LogP contribution in [0.1, 0.15) is 29.9 Å². The summed E-state index contributed by atoms with van der Waals surface area (Å²) < 4.78 is 12.5. The van der Waals surface area contributed by atoms with Gasteiger partial charge in [-0.15, -0.1) is 0 Å². The summed E-state index contributed by atoms with van der Waals surface area (Å²) in [6.07, 6.45) is 3.31. The van der Waals surface area contributed by atoms with E-state index in [2.05, 4.69) is 20.4 Å². The van der Waals surface area contributed by atoms with Gasteiger partial charge in [0.15, 0.2) is 11.0 Å². The van der Waals surface area contributed by atoms with Gasteiger partial charge in [0, 0.05) is 18.7 Å². The molecule has 3 aromatic rings. The first kappa shape index (κ1) is 21.3. The number of aromatic nitrogens is 4. The van der Waals surface area contributed by atoms with Crippen LogP contribution in [0, 0.1) is 6.92 Å². The zero-order valence-corrected chi connectivity index (χ0v) is 17.8. The van der Waals surface area contributed by atoms with E-state index in [0.717, 1.165) is 0 Å². The minimum atomic E-state index is -0.434. The maximum Gasteiger partial charge on any atom is 0.341 e. The predicted octanol–water partition coefficient (Wildman–Crippen LogP) is 3.62. The lowest BCUT2D eigenvalue weighted by Gasteiger charge is -2.10. The van der Waals surface area contributed by atoms with E-state index >= 15 is 0 Å². The molecule has 0 atom stereocenters. The van der Waals surface area contributed by atoms with E-state index in [4.69, 9.17) is 9.47 Å². The maximum atomic E-state index is 12.1. The quantitative estimate of drug-likeness (QED) is 0.346. The van der Waals surface area contributed by atoms with Crippen LogP contribution in [-0.4, -0.2) is 44.5 Å². The molecule has 1 N–H and O–H groups in total. The monoisotopic (exact) mass is 427 g/mol. The number of nitrogens with one attached hydrogen (secondary N) is 1. The third-order valence-electron chi connectivity index (χ3n) is 3.97. The number of esters is 1. The zero-order chi connectivity index (χ0) is 21.7. The molecule has 0 aliphatic carbocycles. The van der Waals surface area contributed by atoms with E-state index in [0.29, 0.717) is 39.5 Å². The Labute approximate surface area is 177 Å². The summed E-state index contributed by atoms with van der Waals surface area (Å²) in [5, 5.41) is 7.46. The van der Waals surface area contributed by atoms with Crippen molar-refractivity contribution >= 4 is 29.3 Å². The van der Waals surface area contributed by atoms with Gasteiger partial charge in [-0.25, -0.2) is 14.5 Å². The zero-order valence-electron chi connectivity index (χ0n) is 17.0. The van der Waals surface area contributed by atoms with Gasteiger partial charge < -0.3 is 14.8 Å². The average Bonchev–Trinajstić information content (AvgIpc) is 3.10. The van der Waals surface area contributed by atoms with E-state index in [9.17, 15) is 9.59 Å². The molecule has 1 aromatic carbocycles. The Bertz CT molecular complexity index is 1070. The van der Waals surface area contributed by atoms with Gasteiger partial charge in [-0.3, -0.25) is 4.79 Å². The van der Waals surface area contributed by atoms with Gasteiger partial charge >= 0.3 is 5.97 Å². The minimum Gasteiger partial charge on any atom is -0.462 e. The van der Waals surface area contributed by atoms with Crippen molar-refractivity contribution in [1.82, 2.24) is 19.7 Å².